The molecule has 0 aromatic heterocycles. The molecular formula is C23H23Cl2NO5. The molecule has 1 aliphatic heterocycles. The molecule has 0 unspecified atom stereocenters. The number of hydrogen-bond acceptors (Lipinski definition) is 4. The Balaban J connectivity index is 2.10. The number of aliphatic carboxylic acids is 1. The van der Waals surface area contributed by atoms with E-state index in [1.165, 1.54) is 4.90 Å². The summed E-state index contributed by atoms with van der Waals surface area (Å²) in [5, 5.41) is 10.4. The SMILES string of the molecule is CCOC(=O)CN1C(=O)[C@H](CC(=O)O)C[C@@H](c2cccc(Cl)c2)[C@@H]1c1ccc(Cl)cc1. The lowest BCUT2D eigenvalue weighted by molar-refractivity contribution is -0.157. The monoisotopic (exact) mass is 463 g/mol. The van der Waals surface area contributed by atoms with Gasteiger partial charge in [0.15, 0.2) is 0 Å². The van der Waals surface area contributed by atoms with Gasteiger partial charge in [-0.2, -0.15) is 0 Å². The van der Waals surface area contributed by atoms with Crippen LogP contribution in [0.2, 0.25) is 10.0 Å². The van der Waals surface area contributed by atoms with Gasteiger partial charge in [-0.15, -0.1) is 0 Å². The molecule has 3 rings (SSSR count). The van der Waals surface area contributed by atoms with Crippen LogP contribution >= 0.6 is 23.2 Å². The summed E-state index contributed by atoms with van der Waals surface area (Å²) in [6.07, 6.45) is 0.000651. The molecule has 1 heterocycles. The maximum atomic E-state index is 13.3. The molecule has 1 amide bonds. The highest BCUT2D eigenvalue weighted by atomic mass is 35.5. The number of hydrogen-bond donors (Lipinski definition) is 1. The summed E-state index contributed by atoms with van der Waals surface area (Å²) in [4.78, 5) is 38.5. The lowest BCUT2D eigenvalue weighted by Crippen LogP contribution is -2.49. The Kier molecular flexibility index (Phi) is 7.57. The second kappa shape index (κ2) is 10.2. The summed E-state index contributed by atoms with van der Waals surface area (Å²) in [5.74, 6) is -3.02. The van der Waals surface area contributed by atoms with Crippen molar-refractivity contribution in [2.75, 3.05) is 13.2 Å². The van der Waals surface area contributed by atoms with E-state index >= 15 is 0 Å². The third-order valence-electron chi connectivity index (χ3n) is 5.40. The minimum Gasteiger partial charge on any atom is -0.481 e. The van der Waals surface area contributed by atoms with Crippen LogP contribution in [0.3, 0.4) is 0 Å². The largest absolute Gasteiger partial charge is 0.481 e. The molecule has 2 aromatic rings. The van der Waals surface area contributed by atoms with Crippen molar-refractivity contribution in [3.63, 3.8) is 0 Å². The minimum absolute atomic E-state index is 0.183. The number of ether oxygens (including phenoxy) is 1. The van der Waals surface area contributed by atoms with Crippen LogP contribution in [0.15, 0.2) is 48.5 Å². The molecule has 3 atom stereocenters. The van der Waals surface area contributed by atoms with Crippen molar-refractivity contribution in [3.05, 3.63) is 69.7 Å². The third kappa shape index (κ3) is 5.57. The predicted molar refractivity (Wildman–Crippen MR) is 117 cm³/mol. The summed E-state index contributed by atoms with van der Waals surface area (Å²) in [7, 11) is 0. The number of benzene rings is 2. The molecule has 1 N–H and O–H groups in total. The van der Waals surface area contributed by atoms with E-state index < -0.39 is 23.9 Å². The number of carbonyl (C=O) groups is 3. The lowest BCUT2D eigenvalue weighted by Gasteiger charge is -2.44. The van der Waals surface area contributed by atoms with E-state index in [1.54, 1.807) is 25.1 Å². The minimum atomic E-state index is -1.07. The fraction of sp³-hybridized carbons (Fsp3) is 0.348. The molecule has 1 fully saturated rings. The van der Waals surface area contributed by atoms with Crippen molar-refractivity contribution in [3.8, 4) is 0 Å². The number of esters is 1. The van der Waals surface area contributed by atoms with Crippen molar-refractivity contribution < 1.29 is 24.2 Å². The first-order valence-electron chi connectivity index (χ1n) is 9.99. The molecule has 164 valence electrons. The number of carboxylic acid groups (broad SMARTS) is 1. The second-order valence-electron chi connectivity index (χ2n) is 7.46. The average molecular weight is 464 g/mol. The van der Waals surface area contributed by atoms with Crippen molar-refractivity contribution in [1.29, 1.82) is 0 Å². The summed E-state index contributed by atoms with van der Waals surface area (Å²) < 4.78 is 5.08. The zero-order valence-electron chi connectivity index (χ0n) is 17.0. The van der Waals surface area contributed by atoms with Gasteiger partial charge in [-0.1, -0.05) is 47.5 Å². The van der Waals surface area contributed by atoms with Gasteiger partial charge in [0.2, 0.25) is 5.91 Å². The first kappa shape index (κ1) is 23.1. The average Bonchev–Trinajstić information content (AvgIpc) is 2.71. The van der Waals surface area contributed by atoms with Gasteiger partial charge in [0.05, 0.1) is 19.1 Å². The van der Waals surface area contributed by atoms with Crippen molar-refractivity contribution in [2.45, 2.75) is 31.7 Å². The second-order valence-corrected chi connectivity index (χ2v) is 8.33. The smallest absolute Gasteiger partial charge is 0.325 e. The number of carbonyl (C=O) groups excluding carboxylic acids is 2. The van der Waals surface area contributed by atoms with Gasteiger partial charge in [0, 0.05) is 21.9 Å². The Morgan fingerprint density at radius 3 is 2.42 bits per heavy atom. The zero-order chi connectivity index (χ0) is 22.5. The molecule has 0 spiro atoms. The van der Waals surface area contributed by atoms with Crippen LogP contribution < -0.4 is 0 Å². The molecule has 1 saturated heterocycles. The Morgan fingerprint density at radius 1 is 1.10 bits per heavy atom. The van der Waals surface area contributed by atoms with Gasteiger partial charge in [-0.25, -0.2) is 0 Å². The van der Waals surface area contributed by atoms with Crippen LogP contribution in [0.25, 0.3) is 0 Å². The van der Waals surface area contributed by atoms with Crippen LogP contribution in [0.4, 0.5) is 0 Å². The number of likely N-dealkylation sites (tertiary alicyclic amines) is 1. The summed E-state index contributed by atoms with van der Waals surface area (Å²) >= 11 is 12.3. The van der Waals surface area contributed by atoms with Crippen LogP contribution in [0.5, 0.6) is 0 Å². The number of rotatable bonds is 7. The van der Waals surface area contributed by atoms with E-state index in [-0.39, 0.29) is 31.4 Å². The molecule has 0 aliphatic carbocycles. The fourth-order valence-electron chi connectivity index (χ4n) is 4.16. The van der Waals surface area contributed by atoms with Crippen LogP contribution in [0, 0.1) is 5.92 Å². The van der Waals surface area contributed by atoms with Gasteiger partial charge in [-0.05, 0) is 48.7 Å². The molecular weight excluding hydrogens is 441 g/mol. The zero-order valence-corrected chi connectivity index (χ0v) is 18.5. The van der Waals surface area contributed by atoms with Crippen molar-refractivity contribution in [1.82, 2.24) is 4.90 Å². The van der Waals surface area contributed by atoms with Crippen LogP contribution in [-0.2, 0) is 19.1 Å². The first-order chi connectivity index (χ1) is 14.8. The maximum absolute atomic E-state index is 13.3. The Bertz CT molecular complexity index is 963. The summed E-state index contributed by atoms with van der Waals surface area (Å²) in [6, 6.07) is 13.8. The predicted octanol–water partition coefficient (Wildman–Crippen LogP) is 4.70. The molecule has 0 saturated carbocycles. The van der Waals surface area contributed by atoms with E-state index in [4.69, 9.17) is 27.9 Å². The van der Waals surface area contributed by atoms with Crippen molar-refractivity contribution >= 4 is 41.0 Å². The Hall–Kier alpha value is -2.57. The van der Waals surface area contributed by atoms with Gasteiger partial charge in [0.25, 0.3) is 0 Å². The normalized spacial score (nSPS) is 21.1. The standard InChI is InChI=1S/C23H23Cl2NO5/c1-2-31-21(29)13-26-22(14-6-8-17(24)9-7-14)19(15-4-3-5-18(25)10-15)11-16(23(26)30)12-20(27)28/h3-10,16,19,22H,2,11-13H2,1H3,(H,27,28)/t16-,19-,22-/m0/s1. The highest BCUT2D eigenvalue weighted by Crippen LogP contribution is 2.46. The topological polar surface area (TPSA) is 83.9 Å². The molecule has 1 aliphatic rings. The molecule has 2 aromatic carbocycles. The Morgan fingerprint density at radius 2 is 1.81 bits per heavy atom. The van der Waals surface area contributed by atoms with E-state index in [0.717, 1.165) is 11.1 Å². The number of piperidine rings is 1. The van der Waals surface area contributed by atoms with Crippen LogP contribution in [0.1, 0.15) is 42.9 Å². The van der Waals surface area contributed by atoms with Crippen LogP contribution in [-0.4, -0.2) is 41.0 Å². The molecule has 8 heteroatoms. The quantitative estimate of drug-likeness (QED) is 0.601. The number of halogens is 2. The highest BCUT2D eigenvalue weighted by Gasteiger charge is 2.44. The third-order valence-corrected chi connectivity index (χ3v) is 5.89. The molecule has 0 radical (unpaired) electrons. The van der Waals surface area contributed by atoms with E-state index in [1.807, 2.05) is 30.3 Å². The van der Waals surface area contributed by atoms with E-state index in [9.17, 15) is 19.5 Å². The molecule has 6 nitrogen and oxygen atoms in total. The van der Waals surface area contributed by atoms with Gasteiger partial charge in [-0.3, -0.25) is 14.4 Å². The van der Waals surface area contributed by atoms with Crippen molar-refractivity contribution in [2.24, 2.45) is 5.92 Å². The van der Waals surface area contributed by atoms with Gasteiger partial charge < -0.3 is 14.7 Å². The van der Waals surface area contributed by atoms with E-state index in [2.05, 4.69) is 0 Å². The van der Waals surface area contributed by atoms with E-state index in [0.29, 0.717) is 16.5 Å². The molecule has 31 heavy (non-hydrogen) atoms. The van der Waals surface area contributed by atoms with Gasteiger partial charge in [0.1, 0.15) is 6.54 Å². The lowest BCUT2D eigenvalue weighted by atomic mass is 9.75. The fourth-order valence-corrected chi connectivity index (χ4v) is 4.48. The number of carboxylic acids is 1. The maximum Gasteiger partial charge on any atom is 0.325 e. The number of amides is 1. The Labute approximate surface area is 190 Å². The first-order valence-corrected chi connectivity index (χ1v) is 10.7. The number of nitrogens with zero attached hydrogens (tertiary/aromatic N) is 1. The summed E-state index contributed by atoms with van der Waals surface area (Å²) in [6.45, 7) is 1.60. The molecule has 0 bridgehead atoms. The highest BCUT2D eigenvalue weighted by molar-refractivity contribution is 6.30. The van der Waals surface area contributed by atoms with Gasteiger partial charge >= 0.3 is 11.9 Å². The summed E-state index contributed by atoms with van der Waals surface area (Å²) in [5.41, 5.74) is 1.66.